The monoisotopic (exact) mass is 356 g/mol. The number of nitrogens with zero attached hydrogens (tertiary/aromatic N) is 3. The molecule has 0 spiro atoms. The van der Waals surface area contributed by atoms with Crippen molar-refractivity contribution in [3.05, 3.63) is 59.4 Å². The molecule has 0 bridgehead atoms. The van der Waals surface area contributed by atoms with Crippen LogP contribution in [0.4, 0.5) is 0 Å². The van der Waals surface area contributed by atoms with Gasteiger partial charge in [0.15, 0.2) is 11.8 Å². The molecule has 134 valence electrons. The number of rotatable bonds is 1. The summed E-state index contributed by atoms with van der Waals surface area (Å²) in [5.41, 5.74) is 6.32. The second-order valence-electron chi connectivity index (χ2n) is 8.06. The van der Waals surface area contributed by atoms with Crippen molar-refractivity contribution >= 4 is 22.1 Å². The first-order valence-electron chi connectivity index (χ1n) is 9.03. The predicted molar refractivity (Wildman–Crippen MR) is 106 cm³/mol. The Morgan fingerprint density at radius 2 is 1.81 bits per heavy atom. The molecule has 0 atom stereocenters. The molecular weight excluding hydrogens is 334 g/mol. The van der Waals surface area contributed by atoms with E-state index in [-0.39, 0.29) is 5.41 Å². The molecule has 3 aromatic heterocycles. The molecular formula is C23H22N3O+. The van der Waals surface area contributed by atoms with Gasteiger partial charge in [0.25, 0.3) is 0 Å². The van der Waals surface area contributed by atoms with E-state index in [1.165, 1.54) is 5.56 Å². The first-order chi connectivity index (χ1) is 12.8. The Labute approximate surface area is 158 Å². The zero-order valence-corrected chi connectivity index (χ0v) is 16.3. The van der Waals surface area contributed by atoms with Gasteiger partial charge in [-0.25, -0.2) is 9.55 Å². The van der Waals surface area contributed by atoms with Crippen LogP contribution in [0.2, 0.25) is 0 Å². The first-order valence-corrected chi connectivity index (χ1v) is 9.03. The van der Waals surface area contributed by atoms with Gasteiger partial charge in [-0.2, -0.15) is 5.26 Å². The highest BCUT2D eigenvalue weighted by atomic mass is 16.3. The lowest BCUT2D eigenvalue weighted by atomic mass is 9.86. The summed E-state index contributed by atoms with van der Waals surface area (Å²) in [5, 5.41) is 11.1. The quantitative estimate of drug-likeness (QED) is 0.453. The molecule has 3 heterocycles. The summed E-state index contributed by atoms with van der Waals surface area (Å²) in [7, 11) is 2.05. The molecule has 0 saturated heterocycles. The van der Waals surface area contributed by atoms with E-state index in [0.29, 0.717) is 11.4 Å². The predicted octanol–water partition coefficient (Wildman–Crippen LogP) is 4.95. The summed E-state index contributed by atoms with van der Waals surface area (Å²) in [5.74, 6) is 0. The van der Waals surface area contributed by atoms with Crippen LogP contribution in [0.3, 0.4) is 0 Å². The molecule has 0 radical (unpaired) electrons. The fourth-order valence-corrected chi connectivity index (χ4v) is 3.48. The van der Waals surface area contributed by atoms with Gasteiger partial charge in [-0.1, -0.05) is 32.9 Å². The van der Waals surface area contributed by atoms with E-state index in [2.05, 4.69) is 80.8 Å². The number of hydrogen-bond acceptors (Lipinski definition) is 3. The summed E-state index contributed by atoms with van der Waals surface area (Å²) in [6.45, 7) is 8.75. The summed E-state index contributed by atoms with van der Waals surface area (Å²) in [6.07, 6.45) is 2.10. The van der Waals surface area contributed by atoms with Crippen molar-refractivity contribution in [2.45, 2.75) is 33.1 Å². The number of aryl methyl sites for hydroxylation is 2. The Hall–Kier alpha value is -3.19. The zero-order valence-electron chi connectivity index (χ0n) is 16.3. The number of nitriles is 1. The van der Waals surface area contributed by atoms with E-state index >= 15 is 0 Å². The van der Waals surface area contributed by atoms with Gasteiger partial charge in [0, 0.05) is 22.9 Å². The number of hydrogen-bond donors (Lipinski definition) is 0. The van der Waals surface area contributed by atoms with Gasteiger partial charge in [-0.15, -0.1) is 0 Å². The molecule has 0 fully saturated rings. The molecule has 0 unspecified atom stereocenters. The maximum Gasteiger partial charge on any atom is 0.228 e. The standard InChI is InChI=1S/C23H22N3O/c1-14-6-8-17-18-9-7-16(13-24)25-22(18)27-21(17)20(14)19-12-15(23(2,3)4)10-11-26(19)5/h6-12H,1-5H3/q+1. The fourth-order valence-electron chi connectivity index (χ4n) is 3.48. The van der Waals surface area contributed by atoms with Crippen LogP contribution in [0.25, 0.3) is 33.3 Å². The van der Waals surface area contributed by atoms with Gasteiger partial charge in [-0.3, -0.25) is 0 Å². The third kappa shape index (κ3) is 2.76. The number of pyridine rings is 2. The average molecular weight is 356 g/mol. The smallest absolute Gasteiger partial charge is 0.228 e. The molecule has 1 aromatic carbocycles. The van der Waals surface area contributed by atoms with Gasteiger partial charge < -0.3 is 4.42 Å². The maximum absolute atomic E-state index is 9.13. The molecule has 0 N–H and O–H groups in total. The van der Waals surface area contributed by atoms with Crippen LogP contribution in [-0.4, -0.2) is 4.98 Å². The van der Waals surface area contributed by atoms with Crippen LogP contribution in [0.15, 0.2) is 47.0 Å². The van der Waals surface area contributed by atoms with E-state index in [4.69, 9.17) is 9.68 Å². The Balaban J connectivity index is 2.08. The van der Waals surface area contributed by atoms with Crippen molar-refractivity contribution in [3.8, 4) is 17.3 Å². The van der Waals surface area contributed by atoms with Gasteiger partial charge in [0.05, 0.1) is 5.56 Å². The lowest BCUT2D eigenvalue weighted by Crippen LogP contribution is -2.32. The van der Waals surface area contributed by atoms with Crippen molar-refractivity contribution in [1.29, 1.82) is 5.26 Å². The molecule has 27 heavy (non-hydrogen) atoms. The Bertz CT molecular complexity index is 1240. The lowest BCUT2D eigenvalue weighted by Gasteiger charge is -2.19. The van der Waals surface area contributed by atoms with Crippen molar-refractivity contribution in [1.82, 2.24) is 4.98 Å². The molecule has 4 rings (SSSR count). The van der Waals surface area contributed by atoms with Crippen LogP contribution < -0.4 is 4.57 Å². The van der Waals surface area contributed by atoms with Gasteiger partial charge in [0.2, 0.25) is 11.4 Å². The van der Waals surface area contributed by atoms with Gasteiger partial charge in [-0.05, 0) is 35.6 Å². The van der Waals surface area contributed by atoms with E-state index in [1.807, 2.05) is 6.07 Å². The lowest BCUT2D eigenvalue weighted by molar-refractivity contribution is -0.660. The van der Waals surface area contributed by atoms with Gasteiger partial charge in [0.1, 0.15) is 18.8 Å². The number of furan rings is 1. The third-order valence-corrected chi connectivity index (χ3v) is 5.10. The number of aromatic nitrogens is 2. The number of fused-ring (bicyclic) bond motifs is 3. The molecule has 4 heteroatoms. The van der Waals surface area contributed by atoms with Crippen molar-refractivity contribution in [2.75, 3.05) is 0 Å². The van der Waals surface area contributed by atoms with Crippen molar-refractivity contribution < 1.29 is 8.98 Å². The van der Waals surface area contributed by atoms with Gasteiger partial charge >= 0.3 is 0 Å². The second-order valence-corrected chi connectivity index (χ2v) is 8.06. The van der Waals surface area contributed by atoms with Crippen LogP contribution in [0.5, 0.6) is 0 Å². The van der Waals surface area contributed by atoms with Crippen LogP contribution >= 0.6 is 0 Å². The Morgan fingerprint density at radius 1 is 1.07 bits per heavy atom. The molecule has 4 nitrogen and oxygen atoms in total. The minimum atomic E-state index is 0.0575. The molecule has 4 aromatic rings. The van der Waals surface area contributed by atoms with Crippen LogP contribution in [0, 0.1) is 18.3 Å². The van der Waals surface area contributed by atoms with Crippen molar-refractivity contribution in [3.63, 3.8) is 0 Å². The summed E-state index contributed by atoms with van der Waals surface area (Å²) >= 11 is 0. The highest BCUT2D eigenvalue weighted by Gasteiger charge is 2.24. The number of benzene rings is 1. The minimum absolute atomic E-state index is 0.0575. The minimum Gasteiger partial charge on any atom is -0.437 e. The fraction of sp³-hybridized carbons (Fsp3) is 0.261. The van der Waals surface area contributed by atoms with E-state index < -0.39 is 0 Å². The highest BCUT2D eigenvalue weighted by Crippen LogP contribution is 2.37. The Morgan fingerprint density at radius 3 is 2.52 bits per heavy atom. The second kappa shape index (κ2) is 5.92. The topological polar surface area (TPSA) is 53.7 Å². The van der Waals surface area contributed by atoms with E-state index in [1.54, 1.807) is 6.07 Å². The molecule has 0 saturated carbocycles. The average Bonchev–Trinajstić information content (AvgIpc) is 2.99. The SMILES string of the molecule is Cc1ccc2c(oc3nc(C#N)ccc32)c1-c1cc(C(C)(C)C)cc[n+]1C. The van der Waals surface area contributed by atoms with E-state index in [9.17, 15) is 0 Å². The van der Waals surface area contributed by atoms with Crippen LogP contribution in [-0.2, 0) is 12.5 Å². The van der Waals surface area contributed by atoms with E-state index in [0.717, 1.165) is 33.2 Å². The Kier molecular flexibility index (Phi) is 3.78. The summed E-state index contributed by atoms with van der Waals surface area (Å²) in [6, 6.07) is 14.3. The molecule has 0 aliphatic rings. The third-order valence-electron chi connectivity index (χ3n) is 5.10. The highest BCUT2D eigenvalue weighted by molar-refractivity contribution is 6.08. The molecule has 0 aliphatic heterocycles. The van der Waals surface area contributed by atoms with Crippen molar-refractivity contribution in [2.24, 2.45) is 7.05 Å². The first kappa shape index (κ1) is 17.2. The van der Waals surface area contributed by atoms with Crippen LogP contribution in [0.1, 0.15) is 37.6 Å². The summed E-state index contributed by atoms with van der Waals surface area (Å²) in [4.78, 5) is 4.34. The maximum atomic E-state index is 9.13. The largest absolute Gasteiger partial charge is 0.437 e. The molecule has 0 amide bonds. The molecule has 0 aliphatic carbocycles. The zero-order chi connectivity index (χ0) is 19.3. The summed E-state index contributed by atoms with van der Waals surface area (Å²) < 4.78 is 8.29. The normalized spacial score (nSPS) is 11.9.